The van der Waals surface area contributed by atoms with Crippen LogP contribution in [0.25, 0.3) is 0 Å². The molecular weight excluding hydrogens is 216 g/mol. The molecule has 17 heavy (non-hydrogen) atoms. The Morgan fingerprint density at radius 3 is 2.65 bits per heavy atom. The summed E-state index contributed by atoms with van der Waals surface area (Å²) in [7, 11) is 0. The first kappa shape index (κ1) is 10.3. The van der Waals surface area contributed by atoms with Gasteiger partial charge in [-0.2, -0.15) is 0 Å². The van der Waals surface area contributed by atoms with Crippen molar-refractivity contribution < 1.29 is 14.3 Å². The third-order valence-electron chi connectivity index (χ3n) is 3.45. The lowest BCUT2D eigenvalue weighted by Gasteiger charge is -2.30. The van der Waals surface area contributed by atoms with E-state index in [9.17, 15) is 9.59 Å². The van der Waals surface area contributed by atoms with Crippen molar-refractivity contribution in [3.8, 4) is 0 Å². The van der Waals surface area contributed by atoms with Crippen LogP contribution in [0, 0.1) is 5.92 Å². The second-order valence-corrected chi connectivity index (χ2v) is 4.40. The van der Waals surface area contributed by atoms with Gasteiger partial charge in [-0.15, -0.1) is 0 Å². The number of hydrogen-bond acceptors (Lipinski definition) is 3. The minimum absolute atomic E-state index is 0.0533. The molecule has 1 unspecified atom stereocenters. The van der Waals surface area contributed by atoms with E-state index in [0.29, 0.717) is 35.5 Å². The Morgan fingerprint density at radius 2 is 1.88 bits per heavy atom. The van der Waals surface area contributed by atoms with Crippen LogP contribution in [-0.4, -0.2) is 18.2 Å². The Morgan fingerprint density at radius 1 is 1.18 bits per heavy atom. The van der Waals surface area contributed by atoms with Crippen LogP contribution in [0.5, 0.6) is 0 Å². The molecule has 0 spiro atoms. The average Bonchev–Trinajstić information content (AvgIpc) is 2.36. The normalized spacial score (nSPS) is 23.0. The molecule has 3 nitrogen and oxygen atoms in total. The van der Waals surface area contributed by atoms with Crippen molar-refractivity contribution >= 4 is 11.6 Å². The fourth-order valence-corrected chi connectivity index (χ4v) is 2.61. The summed E-state index contributed by atoms with van der Waals surface area (Å²) in [4.78, 5) is 24.6. The van der Waals surface area contributed by atoms with Crippen LogP contribution in [0.4, 0.5) is 0 Å². The molecule has 0 saturated heterocycles. The van der Waals surface area contributed by atoms with E-state index in [2.05, 4.69) is 0 Å². The maximum absolute atomic E-state index is 12.3. The lowest BCUT2D eigenvalue weighted by Crippen LogP contribution is -2.34. The van der Waals surface area contributed by atoms with Gasteiger partial charge >= 0.3 is 0 Å². The molecule has 0 radical (unpaired) electrons. The molecule has 3 heteroatoms. The highest BCUT2D eigenvalue weighted by molar-refractivity contribution is 6.23. The van der Waals surface area contributed by atoms with Gasteiger partial charge in [0.1, 0.15) is 5.76 Å². The predicted molar refractivity (Wildman–Crippen MR) is 61.9 cm³/mol. The van der Waals surface area contributed by atoms with Crippen LogP contribution >= 0.6 is 0 Å². The van der Waals surface area contributed by atoms with Crippen molar-refractivity contribution in [2.45, 2.75) is 13.3 Å². The average molecular weight is 228 g/mol. The first-order valence-electron chi connectivity index (χ1n) is 5.71. The van der Waals surface area contributed by atoms with E-state index >= 15 is 0 Å². The van der Waals surface area contributed by atoms with Crippen LogP contribution in [0.3, 0.4) is 0 Å². The number of rotatable bonds is 0. The Balaban J connectivity index is 2.25. The Kier molecular flexibility index (Phi) is 2.15. The van der Waals surface area contributed by atoms with E-state index < -0.39 is 0 Å². The van der Waals surface area contributed by atoms with Crippen molar-refractivity contribution in [3.63, 3.8) is 0 Å². The van der Waals surface area contributed by atoms with Gasteiger partial charge in [0, 0.05) is 16.7 Å². The van der Waals surface area contributed by atoms with E-state index in [0.717, 1.165) is 0 Å². The summed E-state index contributed by atoms with van der Waals surface area (Å²) in [6, 6.07) is 7.02. The highest BCUT2D eigenvalue weighted by Crippen LogP contribution is 2.36. The fraction of sp³-hybridized carbons (Fsp3) is 0.286. The molecular formula is C14H12O3. The Hall–Kier alpha value is -1.90. The summed E-state index contributed by atoms with van der Waals surface area (Å²) in [6.45, 7) is 2.28. The van der Waals surface area contributed by atoms with Crippen LogP contribution in [-0.2, 0) is 4.74 Å². The topological polar surface area (TPSA) is 43.4 Å². The highest BCUT2D eigenvalue weighted by atomic mass is 16.5. The minimum Gasteiger partial charge on any atom is -0.498 e. The van der Waals surface area contributed by atoms with Crippen LogP contribution in [0.1, 0.15) is 34.1 Å². The predicted octanol–water partition coefficient (Wildman–Crippen LogP) is 2.38. The molecule has 1 heterocycles. The maximum Gasteiger partial charge on any atom is 0.193 e. The molecule has 1 aromatic rings. The summed E-state index contributed by atoms with van der Waals surface area (Å²) < 4.78 is 5.39. The summed E-state index contributed by atoms with van der Waals surface area (Å²) >= 11 is 0. The molecule has 0 saturated carbocycles. The van der Waals surface area contributed by atoms with Gasteiger partial charge in [0.05, 0.1) is 12.5 Å². The van der Waals surface area contributed by atoms with E-state index in [1.54, 1.807) is 31.2 Å². The van der Waals surface area contributed by atoms with Gasteiger partial charge in [-0.3, -0.25) is 9.59 Å². The van der Waals surface area contributed by atoms with E-state index in [4.69, 9.17) is 4.74 Å². The lowest BCUT2D eigenvalue weighted by molar-refractivity contribution is 0.0798. The molecule has 1 atom stereocenters. The molecule has 1 aromatic carbocycles. The third-order valence-corrected chi connectivity index (χ3v) is 3.45. The number of ketones is 2. The second-order valence-electron chi connectivity index (χ2n) is 4.40. The van der Waals surface area contributed by atoms with Crippen molar-refractivity contribution in [2.75, 3.05) is 6.61 Å². The van der Waals surface area contributed by atoms with E-state index in [1.165, 1.54) is 0 Å². The Bertz CT molecular complexity index is 554. The first-order valence-corrected chi connectivity index (χ1v) is 5.71. The van der Waals surface area contributed by atoms with Gasteiger partial charge in [0.2, 0.25) is 0 Å². The molecule has 0 amide bonds. The number of fused-ring (bicyclic) bond motifs is 2. The molecule has 1 aliphatic carbocycles. The molecule has 0 aromatic heterocycles. The zero-order valence-corrected chi connectivity index (χ0v) is 9.53. The number of benzene rings is 1. The quantitative estimate of drug-likeness (QED) is 0.684. The SMILES string of the molecule is CC1=C2C(=O)c3ccccc3C(=O)C2CCO1. The van der Waals surface area contributed by atoms with Crippen molar-refractivity contribution in [1.29, 1.82) is 0 Å². The molecule has 3 rings (SSSR count). The molecule has 86 valence electrons. The monoisotopic (exact) mass is 228 g/mol. The van der Waals surface area contributed by atoms with Crippen LogP contribution in [0.15, 0.2) is 35.6 Å². The summed E-state index contributed by atoms with van der Waals surface area (Å²) in [5.74, 6) is 0.306. The number of carbonyl (C=O) groups excluding carboxylic acids is 2. The van der Waals surface area contributed by atoms with Crippen molar-refractivity contribution in [3.05, 3.63) is 46.7 Å². The smallest absolute Gasteiger partial charge is 0.193 e. The first-order chi connectivity index (χ1) is 8.20. The number of allylic oxidation sites excluding steroid dienone is 2. The molecule has 0 N–H and O–H groups in total. The standard InChI is InChI=1S/C14H12O3/c1-8-12-11(6-7-17-8)13(15)9-4-2-3-5-10(9)14(12)16/h2-5,11H,6-7H2,1H3. The maximum atomic E-state index is 12.3. The number of hydrogen-bond donors (Lipinski definition) is 0. The Labute approximate surface area is 99.1 Å². The summed E-state index contributed by atoms with van der Waals surface area (Å²) in [5.41, 5.74) is 1.62. The summed E-state index contributed by atoms with van der Waals surface area (Å²) in [5, 5.41) is 0. The number of ether oxygens (including phenoxy) is 1. The van der Waals surface area contributed by atoms with Gasteiger partial charge in [-0.25, -0.2) is 0 Å². The van der Waals surface area contributed by atoms with Gasteiger partial charge < -0.3 is 4.74 Å². The molecule has 0 bridgehead atoms. The highest BCUT2D eigenvalue weighted by Gasteiger charge is 2.40. The molecule has 0 fully saturated rings. The van der Waals surface area contributed by atoms with Gasteiger partial charge in [-0.1, -0.05) is 24.3 Å². The third kappa shape index (κ3) is 1.35. The zero-order valence-electron chi connectivity index (χ0n) is 9.53. The molecule has 2 aliphatic rings. The number of Topliss-reactive ketones (excluding diaryl/α,β-unsaturated/α-hetero) is 2. The van der Waals surface area contributed by atoms with Gasteiger partial charge in [-0.05, 0) is 13.3 Å². The zero-order chi connectivity index (χ0) is 12.0. The number of carbonyl (C=O) groups is 2. The van der Waals surface area contributed by atoms with Crippen molar-refractivity contribution in [1.82, 2.24) is 0 Å². The van der Waals surface area contributed by atoms with Gasteiger partial charge in [0.15, 0.2) is 11.6 Å². The fourth-order valence-electron chi connectivity index (χ4n) is 2.61. The van der Waals surface area contributed by atoms with Crippen molar-refractivity contribution in [2.24, 2.45) is 5.92 Å². The lowest BCUT2D eigenvalue weighted by atomic mass is 9.75. The largest absolute Gasteiger partial charge is 0.498 e. The second kappa shape index (κ2) is 3.55. The minimum atomic E-state index is -0.300. The van der Waals surface area contributed by atoms with E-state index in [1.807, 2.05) is 0 Å². The molecule has 1 aliphatic heterocycles. The van der Waals surface area contributed by atoms with Crippen LogP contribution in [0.2, 0.25) is 0 Å². The summed E-state index contributed by atoms with van der Waals surface area (Å²) in [6.07, 6.45) is 0.603. The van der Waals surface area contributed by atoms with E-state index in [-0.39, 0.29) is 17.5 Å². The van der Waals surface area contributed by atoms with Gasteiger partial charge in [0.25, 0.3) is 0 Å². The van der Waals surface area contributed by atoms with Crippen LogP contribution < -0.4 is 0 Å².